The van der Waals surface area contributed by atoms with Crippen LogP contribution in [0.3, 0.4) is 0 Å². The maximum absolute atomic E-state index is 13.2. The number of aliphatic hydroxyl groups excluding tert-OH is 1. The second-order valence-electron chi connectivity index (χ2n) is 4.23. The molecule has 1 aromatic heterocycles. The van der Waals surface area contributed by atoms with E-state index in [1.54, 1.807) is 6.92 Å². The summed E-state index contributed by atoms with van der Waals surface area (Å²) in [6, 6.07) is 5.25. The van der Waals surface area contributed by atoms with Gasteiger partial charge in [0.1, 0.15) is 16.4 Å². The van der Waals surface area contributed by atoms with Gasteiger partial charge in [-0.3, -0.25) is 9.40 Å². The molecule has 108 valence electrons. The predicted octanol–water partition coefficient (Wildman–Crippen LogP) is 1.17. The van der Waals surface area contributed by atoms with Gasteiger partial charge in [-0.2, -0.15) is 5.10 Å². The molecular formula is C12H14FN3O3S. The van der Waals surface area contributed by atoms with E-state index in [4.69, 9.17) is 5.11 Å². The van der Waals surface area contributed by atoms with Crippen LogP contribution >= 0.6 is 0 Å². The van der Waals surface area contributed by atoms with E-state index < -0.39 is 22.4 Å². The molecule has 8 heteroatoms. The molecule has 0 radical (unpaired) electrons. The average molecular weight is 299 g/mol. The quantitative estimate of drug-likeness (QED) is 0.887. The first-order valence-electron chi connectivity index (χ1n) is 5.77. The van der Waals surface area contributed by atoms with Crippen LogP contribution < -0.4 is 4.31 Å². The van der Waals surface area contributed by atoms with Gasteiger partial charge in [0, 0.05) is 7.05 Å². The summed E-state index contributed by atoms with van der Waals surface area (Å²) in [5.41, 5.74) is 0.539. The van der Waals surface area contributed by atoms with Crippen LogP contribution in [0.1, 0.15) is 11.4 Å². The van der Waals surface area contributed by atoms with Crippen LogP contribution in [-0.2, 0) is 16.6 Å². The van der Waals surface area contributed by atoms with Crippen LogP contribution in [0.2, 0.25) is 0 Å². The summed E-state index contributed by atoms with van der Waals surface area (Å²) >= 11 is 0. The van der Waals surface area contributed by atoms with Crippen molar-refractivity contribution in [3.05, 3.63) is 41.5 Å². The third-order valence-electron chi connectivity index (χ3n) is 2.90. The van der Waals surface area contributed by atoms with Crippen molar-refractivity contribution in [2.75, 3.05) is 11.4 Å². The van der Waals surface area contributed by atoms with Crippen LogP contribution in [0.25, 0.3) is 0 Å². The van der Waals surface area contributed by atoms with Gasteiger partial charge in [0.05, 0.1) is 18.0 Å². The summed E-state index contributed by atoms with van der Waals surface area (Å²) in [4.78, 5) is -0.0910. The molecule has 2 aromatic rings. The third-order valence-corrected chi connectivity index (χ3v) is 4.89. The zero-order valence-corrected chi connectivity index (χ0v) is 11.8. The molecule has 0 unspecified atom stereocenters. The number of anilines is 1. The molecule has 0 saturated carbocycles. The molecule has 20 heavy (non-hydrogen) atoms. The number of sulfonamides is 1. The highest BCUT2D eigenvalue weighted by Crippen LogP contribution is 2.26. The standard InChI is InChI=1S/C12H14FN3O3S/c1-8-12(11(7-17)15-14-8)20(18,19)16(2)10-5-3-4-9(13)6-10/h3-6,17H,7H2,1-2H3,(H,14,15). The minimum absolute atomic E-state index is 0.0331. The highest BCUT2D eigenvalue weighted by Gasteiger charge is 2.28. The minimum Gasteiger partial charge on any atom is -0.390 e. The van der Waals surface area contributed by atoms with Crippen molar-refractivity contribution in [3.8, 4) is 0 Å². The van der Waals surface area contributed by atoms with Crippen molar-refractivity contribution in [3.63, 3.8) is 0 Å². The van der Waals surface area contributed by atoms with Crippen molar-refractivity contribution in [1.82, 2.24) is 10.2 Å². The molecule has 2 rings (SSSR count). The van der Waals surface area contributed by atoms with Gasteiger partial charge < -0.3 is 5.11 Å². The lowest BCUT2D eigenvalue weighted by Crippen LogP contribution is -2.27. The number of H-pyrrole nitrogens is 1. The topological polar surface area (TPSA) is 86.3 Å². The van der Waals surface area contributed by atoms with Gasteiger partial charge in [0.15, 0.2) is 0 Å². The maximum atomic E-state index is 13.2. The zero-order valence-electron chi connectivity index (χ0n) is 11.0. The summed E-state index contributed by atoms with van der Waals surface area (Å²) < 4.78 is 39.2. The molecule has 1 aromatic carbocycles. The normalized spacial score (nSPS) is 11.6. The largest absolute Gasteiger partial charge is 0.390 e. The molecule has 0 fully saturated rings. The molecule has 6 nitrogen and oxygen atoms in total. The lowest BCUT2D eigenvalue weighted by molar-refractivity contribution is 0.273. The van der Waals surface area contributed by atoms with Crippen LogP contribution in [0.5, 0.6) is 0 Å². The first-order valence-corrected chi connectivity index (χ1v) is 7.21. The van der Waals surface area contributed by atoms with E-state index in [9.17, 15) is 12.8 Å². The molecular weight excluding hydrogens is 285 g/mol. The Bertz CT molecular complexity index is 727. The average Bonchev–Trinajstić information content (AvgIpc) is 2.79. The van der Waals surface area contributed by atoms with Crippen LogP contribution in [-0.4, -0.2) is 30.8 Å². The maximum Gasteiger partial charge on any atom is 0.267 e. The summed E-state index contributed by atoms with van der Waals surface area (Å²) in [5, 5.41) is 15.4. The number of hydrogen-bond donors (Lipinski definition) is 2. The summed E-state index contributed by atoms with van der Waals surface area (Å²) in [6.07, 6.45) is 0. The first kappa shape index (κ1) is 14.5. The number of aromatic amines is 1. The van der Waals surface area contributed by atoms with E-state index in [1.165, 1.54) is 25.2 Å². The van der Waals surface area contributed by atoms with Crippen LogP contribution in [0, 0.1) is 12.7 Å². The smallest absolute Gasteiger partial charge is 0.267 e. The Labute approximate surface area is 115 Å². The van der Waals surface area contributed by atoms with Gasteiger partial charge in [-0.15, -0.1) is 0 Å². The molecule has 0 saturated heterocycles. The first-order chi connectivity index (χ1) is 9.37. The highest BCUT2D eigenvalue weighted by molar-refractivity contribution is 7.92. The molecule has 0 aliphatic rings. The Morgan fingerprint density at radius 1 is 1.45 bits per heavy atom. The Kier molecular flexibility index (Phi) is 3.78. The van der Waals surface area contributed by atoms with Crippen molar-refractivity contribution >= 4 is 15.7 Å². The fourth-order valence-corrected chi connectivity index (χ4v) is 3.37. The molecule has 1 heterocycles. The van der Waals surface area contributed by atoms with E-state index in [0.29, 0.717) is 5.69 Å². The van der Waals surface area contributed by atoms with E-state index in [1.807, 2.05) is 0 Å². The van der Waals surface area contributed by atoms with Gasteiger partial charge >= 0.3 is 0 Å². The van der Waals surface area contributed by atoms with Gasteiger partial charge in [-0.05, 0) is 25.1 Å². The monoisotopic (exact) mass is 299 g/mol. The number of aromatic nitrogens is 2. The van der Waals surface area contributed by atoms with Gasteiger partial charge in [0.25, 0.3) is 10.0 Å². The number of rotatable bonds is 4. The third kappa shape index (κ3) is 2.39. The SMILES string of the molecule is Cc1[nH]nc(CO)c1S(=O)(=O)N(C)c1cccc(F)c1. The fourth-order valence-electron chi connectivity index (χ4n) is 1.87. The summed E-state index contributed by atoms with van der Waals surface area (Å²) in [7, 11) is -2.61. The summed E-state index contributed by atoms with van der Waals surface area (Å²) in [6.45, 7) is 1.04. The molecule has 0 amide bonds. The number of aryl methyl sites for hydroxylation is 1. The molecule has 0 aliphatic heterocycles. The summed E-state index contributed by atoms with van der Waals surface area (Å²) in [5.74, 6) is -0.532. The van der Waals surface area contributed by atoms with Crippen LogP contribution in [0.15, 0.2) is 29.2 Å². The van der Waals surface area contributed by atoms with E-state index in [-0.39, 0.29) is 16.3 Å². The number of benzene rings is 1. The number of aliphatic hydroxyl groups is 1. The van der Waals surface area contributed by atoms with Crippen molar-refractivity contribution in [1.29, 1.82) is 0 Å². The molecule has 2 N–H and O–H groups in total. The second kappa shape index (κ2) is 5.22. The van der Waals surface area contributed by atoms with E-state index in [0.717, 1.165) is 10.4 Å². The lowest BCUT2D eigenvalue weighted by atomic mass is 10.3. The minimum atomic E-state index is -3.93. The molecule has 0 spiro atoms. The van der Waals surface area contributed by atoms with Gasteiger partial charge in [-0.1, -0.05) is 6.07 Å². The van der Waals surface area contributed by atoms with Crippen LogP contribution in [0.4, 0.5) is 10.1 Å². The van der Waals surface area contributed by atoms with Crippen molar-refractivity contribution < 1.29 is 17.9 Å². The Hall–Kier alpha value is -1.93. The Balaban J connectivity index is 2.52. The number of nitrogens with one attached hydrogen (secondary N) is 1. The Morgan fingerprint density at radius 3 is 2.75 bits per heavy atom. The van der Waals surface area contributed by atoms with Crippen molar-refractivity contribution in [2.24, 2.45) is 0 Å². The number of halogens is 1. The zero-order chi connectivity index (χ0) is 14.9. The highest BCUT2D eigenvalue weighted by atomic mass is 32.2. The molecule has 0 bridgehead atoms. The Morgan fingerprint density at radius 2 is 2.15 bits per heavy atom. The molecule has 0 aliphatic carbocycles. The van der Waals surface area contributed by atoms with Crippen molar-refractivity contribution in [2.45, 2.75) is 18.4 Å². The number of nitrogens with zero attached hydrogens (tertiary/aromatic N) is 2. The second-order valence-corrected chi connectivity index (χ2v) is 6.14. The number of hydrogen-bond acceptors (Lipinski definition) is 4. The van der Waals surface area contributed by atoms with E-state index in [2.05, 4.69) is 10.2 Å². The fraction of sp³-hybridized carbons (Fsp3) is 0.250. The molecule has 0 atom stereocenters. The van der Waals surface area contributed by atoms with Gasteiger partial charge in [0.2, 0.25) is 0 Å². The van der Waals surface area contributed by atoms with Gasteiger partial charge in [-0.25, -0.2) is 12.8 Å². The predicted molar refractivity (Wildman–Crippen MR) is 71.2 cm³/mol. The van der Waals surface area contributed by atoms with E-state index >= 15 is 0 Å². The lowest BCUT2D eigenvalue weighted by Gasteiger charge is -2.19.